The molecule has 0 aliphatic heterocycles. The van der Waals surface area contributed by atoms with Crippen LogP contribution in [0.3, 0.4) is 0 Å². The number of aryl methyl sites for hydroxylation is 2. The molecule has 28 heavy (non-hydrogen) atoms. The minimum Gasteiger partial charge on any atom is -0.347 e. The number of rotatable bonds is 6. The maximum atomic E-state index is 12.3. The Morgan fingerprint density at radius 1 is 1.04 bits per heavy atom. The zero-order valence-electron chi connectivity index (χ0n) is 17.3. The van der Waals surface area contributed by atoms with E-state index in [0.29, 0.717) is 24.1 Å². The van der Waals surface area contributed by atoms with Gasteiger partial charge in [-0.2, -0.15) is 0 Å². The van der Waals surface area contributed by atoms with Crippen LogP contribution in [0.1, 0.15) is 54.5 Å². The summed E-state index contributed by atoms with van der Waals surface area (Å²) in [6, 6.07) is 6.89. The van der Waals surface area contributed by atoms with E-state index in [9.17, 15) is 9.59 Å². The Kier molecular flexibility index (Phi) is 7.18. The first-order valence-corrected chi connectivity index (χ1v) is 10.4. The number of nitrogens with zero attached hydrogens (tertiary/aromatic N) is 2. The first-order chi connectivity index (χ1) is 13.1. The number of hydrogen-bond donors (Lipinski definition) is 2. The highest BCUT2D eigenvalue weighted by atomic mass is 32.2. The fourth-order valence-corrected chi connectivity index (χ4v) is 3.20. The van der Waals surface area contributed by atoms with Crippen molar-refractivity contribution in [1.29, 1.82) is 0 Å². The topological polar surface area (TPSA) is 84.0 Å². The lowest BCUT2D eigenvalue weighted by atomic mass is 10.1. The zero-order valence-corrected chi connectivity index (χ0v) is 18.2. The molecule has 0 bridgehead atoms. The Bertz CT molecular complexity index is 835. The van der Waals surface area contributed by atoms with Gasteiger partial charge in [0.2, 0.25) is 5.91 Å². The number of amides is 2. The van der Waals surface area contributed by atoms with E-state index < -0.39 is 0 Å². The predicted molar refractivity (Wildman–Crippen MR) is 114 cm³/mol. The molecule has 1 heterocycles. The summed E-state index contributed by atoms with van der Waals surface area (Å²) < 4.78 is 0. The first kappa shape index (κ1) is 21.9. The van der Waals surface area contributed by atoms with Crippen LogP contribution in [0.25, 0.3) is 0 Å². The Morgan fingerprint density at radius 3 is 2.11 bits per heavy atom. The van der Waals surface area contributed by atoms with E-state index in [1.54, 1.807) is 24.3 Å². The molecule has 0 saturated carbocycles. The van der Waals surface area contributed by atoms with Crippen molar-refractivity contribution in [2.24, 2.45) is 0 Å². The molecule has 1 aromatic carbocycles. The van der Waals surface area contributed by atoms with Crippen LogP contribution >= 0.6 is 11.8 Å². The van der Waals surface area contributed by atoms with Gasteiger partial charge in [0.05, 0.1) is 0 Å². The molecule has 2 amide bonds. The second kappa shape index (κ2) is 9.19. The minimum absolute atomic E-state index is 0.0837. The highest BCUT2D eigenvalue weighted by molar-refractivity contribution is 7.98. The van der Waals surface area contributed by atoms with E-state index in [1.165, 1.54) is 11.8 Å². The quantitative estimate of drug-likeness (QED) is 0.567. The van der Waals surface area contributed by atoms with Crippen LogP contribution in [0.4, 0.5) is 5.69 Å². The van der Waals surface area contributed by atoms with Crippen molar-refractivity contribution in [3.8, 4) is 0 Å². The monoisotopic (exact) mass is 400 g/mol. The second-order valence-electron chi connectivity index (χ2n) is 7.69. The summed E-state index contributed by atoms with van der Waals surface area (Å²) in [7, 11) is 0. The summed E-state index contributed by atoms with van der Waals surface area (Å²) in [5, 5.41) is 6.53. The number of nitrogens with one attached hydrogen (secondary N) is 2. The molecule has 6 nitrogen and oxygen atoms in total. The van der Waals surface area contributed by atoms with Crippen LogP contribution in [0.15, 0.2) is 29.4 Å². The zero-order chi connectivity index (χ0) is 20.9. The number of aromatic nitrogens is 2. The van der Waals surface area contributed by atoms with Crippen molar-refractivity contribution in [1.82, 2.24) is 15.3 Å². The molecule has 0 saturated heterocycles. The third-order valence-electron chi connectivity index (χ3n) is 4.10. The Balaban J connectivity index is 1.94. The van der Waals surface area contributed by atoms with Gasteiger partial charge in [-0.05, 0) is 77.1 Å². The van der Waals surface area contributed by atoms with Crippen LogP contribution in [0.5, 0.6) is 0 Å². The number of carbonyl (C=O) groups is 2. The fourth-order valence-electron chi connectivity index (χ4n) is 2.74. The van der Waals surface area contributed by atoms with Crippen molar-refractivity contribution in [3.05, 3.63) is 46.8 Å². The fraction of sp³-hybridized carbons (Fsp3) is 0.429. The van der Waals surface area contributed by atoms with Gasteiger partial charge in [-0.25, -0.2) is 9.97 Å². The van der Waals surface area contributed by atoms with Crippen LogP contribution in [0.2, 0.25) is 0 Å². The summed E-state index contributed by atoms with van der Waals surface area (Å²) >= 11 is 1.51. The number of carbonyl (C=O) groups excluding carboxylic acids is 2. The van der Waals surface area contributed by atoms with Crippen LogP contribution in [0, 0.1) is 13.8 Å². The van der Waals surface area contributed by atoms with Gasteiger partial charge in [-0.3, -0.25) is 9.59 Å². The van der Waals surface area contributed by atoms with E-state index in [2.05, 4.69) is 20.6 Å². The number of benzene rings is 1. The summed E-state index contributed by atoms with van der Waals surface area (Å²) in [5.74, 6) is -0.218. The minimum atomic E-state index is -0.294. The van der Waals surface area contributed by atoms with Gasteiger partial charge in [0.25, 0.3) is 5.91 Å². The van der Waals surface area contributed by atoms with Crippen molar-refractivity contribution >= 4 is 29.3 Å². The summed E-state index contributed by atoms with van der Waals surface area (Å²) in [6.07, 6.45) is 2.87. The molecular weight excluding hydrogens is 372 g/mol. The molecule has 0 spiro atoms. The summed E-state index contributed by atoms with van der Waals surface area (Å²) in [5.41, 5.74) is 3.78. The average Bonchev–Trinajstić information content (AvgIpc) is 2.59. The molecule has 0 atom stereocenters. The molecular formula is C21H28N4O2S. The van der Waals surface area contributed by atoms with Crippen LogP contribution in [-0.2, 0) is 11.2 Å². The molecule has 150 valence electrons. The molecule has 2 aromatic rings. The van der Waals surface area contributed by atoms with Crippen molar-refractivity contribution in [3.63, 3.8) is 0 Å². The van der Waals surface area contributed by atoms with E-state index in [-0.39, 0.29) is 17.4 Å². The summed E-state index contributed by atoms with van der Waals surface area (Å²) in [4.78, 5) is 33.3. The number of hydrogen-bond acceptors (Lipinski definition) is 5. The normalized spacial score (nSPS) is 11.2. The lowest BCUT2D eigenvalue weighted by Crippen LogP contribution is -2.40. The maximum Gasteiger partial charge on any atom is 0.251 e. The molecule has 0 unspecified atom stereocenters. The SMILES string of the molecule is CSc1nc(C)c(CCC(=O)Nc2ccc(C(=O)NC(C)(C)C)cc2)c(C)n1. The Morgan fingerprint density at radius 2 is 1.61 bits per heavy atom. The van der Waals surface area contributed by atoms with Crippen LogP contribution in [-0.4, -0.2) is 33.6 Å². The van der Waals surface area contributed by atoms with Crippen molar-refractivity contribution < 1.29 is 9.59 Å². The lowest BCUT2D eigenvalue weighted by molar-refractivity contribution is -0.116. The van der Waals surface area contributed by atoms with Gasteiger partial charge in [0.15, 0.2) is 5.16 Å². The van der Waals surface area contributed by atoms with Gasteiger partial charge in [0.1, 0.15) is 0 Å². The van der Waals surface area contributed by atoms with Gasteiger partial charge in [-0.1, -0.05) is 11.8 Å². The molecule has 2 N–H and O–H groups in total. The average molecular weight is 401 g/mol. The standard InChI is InChI=1S/C21H28N4O2S/c1-13-17(14(2)23-20(22-13)28-6)11-12-18(26)24-16-9-7-15(8-10-16)19(27)25-21(3,4)5/h7-10H,11-12H2,1-6H3,(H,24,26)(H,25,27). The largest absolute Gasteiger partial charge is 0.347 e. The molecule has 0 aliphatic rings. The van der Waals surface area contributed by atoms with Crippen LogP contribution < -0.4 is 10.6 Å². The molecule has 1 aromatic heterocycles. The molecule has 2 rings (SSSR count). The molecule has 0 aliphatic carbocycles. The van der Waals surface area contributed by atoms with Gasteiger partial charge < -0.3 is 10.6 Å². The number of anilines is 1. The van der Waals surface area contributed by atoms with Gasteiger partial charge >= 0.3 is 0 Å². The lowest BCUT2D eigenvalue weighted by Gasteiger charge is -2.20. The van der Waals surface area contributed by atoms with Gasteiger partial charge in [-0.15, -0.1) is 0 Å². The van der Waals surface area contributed by atoms with Gasteiger partial charge in [0, 0.05) is 34.6 Å². The van der Waals surface area contributed by atoms with E-state index in [4.69, 9.17) is 0 Å². The smallest absolute Gasteiger partial charge is 0.251 e. The third-order valence-corrected chi connectivity index (χ3v) is 4.65. The highest BCUT2D eigenvalue weighted by Gasteiger charge is 2.15. The van der Waals surface area contributed by atoms with Crippen molar-refractivity contribution in [2.45, 2.75) is 58.2 Å². The highest BCUT2D eigenvalue weighted by Crippen LogP contribution is 2.18. The van der Waals surface area contributed by atoms with E-state index >= 15 is 0 Å². The van der Waals surface area contributed by atoms with E-state index in [1.807, 2.05) is 40.9 Å². The molecule has 0 fully saturated rings. The third kappa shape index (κ3) is 6.34. The molecule has 0 radical (unpaired) electrons. The predicted octanol–water partition coefficient (Wildman–Crippen LogP) is 3.91. The molecule has 7 heteroatoms. The second-order valence-corrected chi connectivity index (χ2v) is 8.46. The van der Waals surface area contributed by atoms with E-state index in [0.717, 1.165) is 22.1 Å². The van der Waals surface area contributed by atoms with Crippen molar-refractivity contribution in [2.75, 3.05) is 11.6 Å². The Labute approximate surface area is 170 Å². The Hall–Kier alpha value is -2.41. The maximum absolute atomic E-state index is 12.3. The first-order valence-electron chi connectivity index (χ1n) is 9.19. The summed E-state index contributed by atoms with van der Waals surface area (Å²) in [6.45, 7) is 9.69. The number of thioether (sulfide) groups is 1.